The lowest BCUT2D eigenvalue weighted by atomic mass is 10.3. The predicted molar refractivity (Wildman–Crippen MR) is 49.8 cm³/mol. The molecule has 0 fully saturated rings. The van der Waals surface area contributed by atoms with Crippen molar-refractivity contribution in [1.29, 1.82) is 0 Å². The van der Waals surface area contributed by atoms with Gasteiger partial charge in [-0.1, -0.05) is 6.58 Å². The smallest absolute Gasteiger partial charge is 0.334 e. The number of hydrogen-bond donors (Lipinski definition) is 1. The number of nitrogens with zero attached hydrogens (tertiary/aromatic N) is 1. The first kappa shape index (κ1) is 15.9. The molecule has 0 saturated carbocycles. The van der Waals surface area contributed by atoms with Crippen LogP contribution in [0.5, 0.6) is 0 Å². The summed E-state index contributed by atoms with van der Waals surface area (Å²) in [6.07, 6.45) is -0.181. The second kappa shape index (κ2) is 6.01. The summed E-state index contributed by atoms with van der Waals surface area (Å²) in [5, 5.41) is 9.37. The van der Waals surface area contributed by atoms with Gasteiger partial charge in [-0.3, -0.25) is 4.48 Å². The van der Waals surface area contributed by atoms with Gasteiger partial charge in [-0.05, 0) is 6.92 Å². The van der Waals surface area contributed by atoms with Crippen LogP contribution in [0.2, 0.25) is 0 Å². The Hall–Kier alpha value is -0.580. The van der Waals surface area contributed by atoms with Crippen molar-refractivity contribution in [3.63, 3.8) is 0 Å². The summed E-state index contributed by atoms with van der Waals surface area (Å²) in [5.74, 6) is -0.515. The second-order valence-corrected chi connectivity index (χ2v) is 3.89. The van der Waals surface area contributed by atoms with Crippen LogP contribution in [0.15, 0.2) is 12.7 Å². The van der Waals surface area contributed by atoms with Gasteiger partial charge in [0.25, 0.3) is 6.23 Å². The molecule has 0 aromatic heterocycles. The Morgan fingerprint density at radius 3 is 2.14 bits per heavy atom. The van der Waals surface area contributed by atoms with Crippen molar-refractivity contribution in [2.24, 2.45) is 0 Å². The third-order valence-electron chi connectivity index (χ3n) is 1.58. The van der Waals surface area contributed by atoms with Crippen LogP contribution in [0.4, 0.5) is 0 Å². The average Bonchev–Trinajstić information content (AvgIpc) is 1.96. The summed E-state index contributed by atoms with van der Waals surface area (Å²) < 4.78 is 5.35. The molecule has 1 N–H and O–H groups in total. The summed E-state index contributed by atoms with van der Waals surface area (Å²) in [4.78, 5) is 10.9. The van der Waals surface area contributed by atoms with E-state index in [4.69, 9.17) is 4.74 Å². The van der Waals surface area contributed by atoms with Gasteiger partial charge >= 0.3 is 5.97 Å². The normalized spacial score (nSPS) is 14.9. The minimum atomic E-state index is -0.705. The van der Waals surface area contributed by atoms with Crippen molar-refractivity contribution in [2.45, 2.75) is 19.3 Å². The number of hydrogen-bond acceptors (Lipinski definition) is 3. The van der Waals surface area contributed by atoms with Crippen LogP contribution in [0, 0.1) is 0 Å². The minimum Gasteiger partial charge on any atom is -1.00 e. The van der Waals surface area contributed by atoms with Crippen molar-refractivity contribution in [1.82, 2.24) is 0 Å². The van der Waals surface area contributed by atoms with Crippen molar-refractivity contribution >= 4 is 5.97 Å². The number of quaternary nitrogens is 1. The molecule has 0 aromatic rings. The maximum atomic E-state index is 10.9. The zero-order valence-electron chi connectivity index (χ0n) is 9.03. The number of rotatable bonds is 4. The van der Waals surface area contributed by atoms with Crippen molar-refractivity contribution in [3.05, 3.63) is 12.7 Å². The molecule has 0 spiro atoms. The molecular weight excluding hydrogens is 206 g/mol. The first-order valence-electron chi connectivity index (χ1n) is 4.11. The third-order valence-corrected chi connectivity index (χ3v) is 1.58. The van der Waals surface area contributed by atoms with Crippen molar-refractivity contribution in [3.8, 4) is 0 Å². The van der Waals surface area contributed by atoms with Crippen LogP contribution in [0.25, 0.3) is 0 Å². The molecule has 2 atom stereocenters. The maximum absolute atomic E-state index is 10.9. The second-order valence-electron chi connectivity index (χ2n) is 3.89. The van der Waals surface area contributed by atoms with Gasteiger partial charge < -0.3 is 22.3 Å². The van der Waals surface area contributed by atoms with Gasteiger partial charge in [0.05, 0.1) is 21.1 Å². The molecule has 0 saturated heterocycles. The lowest BCUT2D eigenvalue weighted by Gasteiger charge is -2.34. The molecule has 14 heavy (non-hydrogen) atoms. The Bertz CT molecular complexity index is 199. The molecule has 0 bridgehead atoms. The standard InChI is InChI=1S/C9H18NO3.ClH/c1-6-8(12)13-9(7(2)11)10(3,4)5;/h6-7,9,11H,1H2,2-5H3;1H/q+1;/p-1. The van der Waals surface area contributed by atoms with Crippen LogP contribution in [-0.4, -0.2) is 49.0 Å². The number of aliphatic hydroxyl groups excluding tert-OH is 1. The van der Waals surface area contributed by atoms with Crippen molar-refractivity contribution < 1.29 is 31.5 Å². The van der Waals surface area contributed by atoms with Crippen LogP contribution in [-0.2, 0) is 9.53 Å². The molecule has 0 rings (SSSR count). The molecule has 0 amide bonds. The van der Waals surface area contributed by atoms with E-state index >= 15 is 0 Å². The van der Waals surface area contributed by atoms with E-state index in [-0.39, 0.29) is 12.4 Å². The van der Waals surface area contributed by atoms with Crippen LogP contribution in [0.3, 0.4) is 0 Å². The zero-order valence-corrected chi connectivity index (χ0v) is 9.78. The largest absolute Gasteiger partial charge is 1.00 e. The summed E-state index contributed by atoms with van der Waals surface area (Å²) in [5.41, 5.74) is 0. The van der Waals surface area contributed by atoms with Crippen molar-refractivity contribution in [2.75, 3.05) is 21.1 Å². The Morgan fingerprint density at radius 2 is 1.93 bits per heavy atom. The number of esters is 1. The van der Waals surface area contributed by atoms with Crippen LogP contribution < -0.4 is 12.4 Å². The first-order valence-corrected chi connectivity index (χ1v) is 4.11. The molecule has 0 aromatic carbocycles. The van der Waals surface area contributed by atoms with Crippen LogP contribution >= 0.6 is 0 Å². The lowest BCUT2D eigenvalue weighted by Crippen LogP contribution is -3.00. The molecule has 5 heteroatoms. The fourth-order valence-electron chi connectivity index (χ4n) is 1.07. The van der Waals surface area contributed by atoms with E-state index < -0.39 is 18.3 Å². The zero-order chi connectivity index (χ0) is 10.6. The Labute approximate surface area is 91.2 Å². The Morgan fingerprint density at radius 1 is 1.50 bits per heavy atom. The topological polar surface area (TPSA) is 46.5 Å². The van der Waals surface area contributed by atoms with E-state index in [2.05, 4.69) is 6.58 Å². The van der Waals surface area contributed by atoms with Crippen LogP contribution in [0.1, 0.15) is 6.92 Å². The van der Waals surface area contributed by atoms with Gasteiger partial charge in [0, 0.05) is 6.08 Å². The number of carbonyl (C=O) groups excluding carboxylic acids is 1. The molecule has 0 heterocycles. The molecule has 0 aliphatic carbocycles. The maximum Gasteiger partial charge on any atom is 0.334 e. The quantitative estimate of drug-likeness (QED) is 0.241. The summed E-state index contributed by atoms with van der Waals surface area (Å²) >= 11 is 0. The van der Waals surface area contributed by atoms with Gasteiger partial charge in [-0.2, -0.15) is 0 Å². The highest BCUT2D eigenvalue weighted by Gasteiger charge is 2.31. The van der Waals surface area contributed by atoms with E-state index in [1.165, 1.54) is 0 Å². The van der Waals surface area contributed by atoms with E-state index in [0.717, 1.165) is 6.08 Å². The van der Waals surface area contributed by atoms with E-state index in [1.54, 1.807) is 6.92 Å². The number of likely N-dealkylation sites (N-methyl/N-ethyl adjacent to an activating group) is 1. The minimum absolute atomic E-state index is 0. The predicted octanol–water partition coefficient (Wildman–Crippen LogP) is -2.87. The Balaban J connectivity index is 0. The fraction of sp³-hybridized carbons (Fsp3) is 0.667. The highest BCUT2D eigenvalue weighted by atomic mass is 35.5. The molecule has 4 nitrogen and oxygen atoms in total. The number of aliphatic hydroxyl groups is 1. The SMILES string of the molecule is C=CC(=O)OC(C(C)O)[N+](C)(C)C.[Cl-]. The van der Waals surface area contributed by atoms with Gasteiger partial charge in [-0.25, -0.2) is 4.79 Å². The molecule has 0 aliphatic heterocycles. The highest BCUT2D eigenvalue weighted by Crippen LogP contribution is 2.09. The van der Waals surface area contributed by atoms with E-state index in [1.807, 2.05) is 21.1 Å². The average molecular weight is 224 g/mol. The molecule has 2 unspecified atom stereocenters. The fourth-order valence-corrected chi connectivity index (χ4v) is 1.07. The highest BCUT2D eigenvalue weighted by molar-refractivity contribution is 5.81. The molecule has 0 aliphatic rings. The number of ether oxygens (including phenoxy) is 1. The monoisotopic (exact) mass is 223 g/mol. The van der Waals surface area contributed by atoms with E-state index in [9.17, 15) is 9.90 Å². The summed E-state index contributed by atoms with van der Waals surface area (Å²) in [6, 6.07) is 0. The molecule has 0 radical (unpaired) electrons. The van der Waals surface area contributed by atoms with Gasteiger partial charge in [-0.15, -0.1) is 0 Å². The van der Waals surface area contributed by atoms with E-state index in [0.29, 0.717) is 4.48 Å². The van der Waals surface area contributed by atoms with Gasteiger partial charge in [0.1, 0.15) is 6.10 Å². The third kappa shape index (κ3) is 5.21. The molecular formula is C9H18ClNO3. The van der Waals surface area contributed by atoms with Gasteiger partial charge in [0.2, 0.25) is 0 Å². The summed E-state index contributed by atoms with van der Waals surface area (Å²) in [7, 11) is 5.52. The number of carbonyl (C=O) groups is 1. The summed E-state index contributed by atoms with van der Waals surface area (Å²) in [6.45, 7) is 4.88. The first-order chi connectivity index (χ1) is 5.79. The molecule has 84 valence electrons. The van der Waals surface area contributed by atoms with Gasteiger partial charge in [0.15, 0.2) is 0 Å². The lowest BCUT2D eigenvalue weighted by molar-refractivity contribution is -0.920. The number of halogens is 1. The Kier molecular flexibility index (Phi) is 6.81.